The quantitative estimate of drug-likeness (QED) is 0.321. The molecular formula is C30H35NO6. The molecule has 0 spiro atoms. The number of aliphatic hydroxyl groups excluding tert-OH is 3. The largest absolute Gasteiger partial charge is 0.507 e. The number of benzene rings is 2. The number of imide groups is 1. The summed E-state index contributed by atoms with van der Waals surface area (Å²) in [6.07, 6.45) is 2.11. The SMILES string of the molecule is C/C(=C\c1cc(C)c(O)c(C)c1)CC[C@@H](O)C1=C(CO)C[C@H]2C(=O)N(c3ccccc3)C(=O)[C@H]2[C@H]1CO. The minimum Gasteiger partial charge on any atom is -0.507 e. The third-order valence-electron chi connectivity index (χ3n) is 7.68. The molecule has 0 unspecified atom stereocenters. The highest BCUT2D eigenvalue weighted by Crippen LogP contribution is 2.47. The number of fused-ring (bicyclic) bond motifs is 1. The number of hydrogen-bond acceptors (Lipinski definition) is 6. The Morgan fingerprint density at radius 2 is 1.73 bits per heavy atom. The van der Waals surface area contributed by atoms with E-state index in [2.05, 4.69) is 0 Å². The average molecular weight is 506 g/mol. The van der Waals surface area contributed by atoms with Crippen molar-refractivity contribution in [3.05, 3.63) is 75.9 Å². The number of para-hydroxylation sites is 1. The molecule has 1 aliphatic heterocycles. The van der Waals surface area contributed by atoms with Gasteiger partial charge in [-0.1, -0.05) is 29.8 Å². The van der Waals surface area contributed by atoms with Gasteiger partial charge in [-0.3, -0.25) is 14.5 Å². The maximum atomic E-state index is 13.4. The monoisotopic (exact) mass is 505 g/mol. The first-order chi connectivity index (χ1) is 17.7. The fourth-order valence-corrected chi connectivity index (χ4v) is 5.89. The minimum atomic E-state index is -0.972. The molecule has 2 aromatic rings. The highest BCUT2D eigenvalue weighted by molar-refractivity contribution is 6.22. The Labute approximate surface area is 217 Å². The molecule has 1 fully saturated rings. The second-order valence-electron chi connectivity index (χ2n) is 10.2. The number of allylic oxidation sites excluding steroid dienone is 1. The predicted molar refractivity (Wildman–Crippen MR) is 142 cm³/mol. The molecule has 4 atom stereocenters. The molecule has 7 heteroatoms. The zero-order chi connectivity index (χ0) is 26.9. The van der Waals surface area contributed by atoms with Crippen LogP contribution < -0.4 is 4.90 Å². The first-order valence-corrected chi connectivity index (χ1v) is 12.7. The lowest BCUT2D eigenvalue weighted by molar-refractivity contribution is -0.123. The van der Waals surface area contributed by atoms with E-state index in [1.807, 2.05) is 39.0 Å². The number of hydrogen-bond donors (Lipinski definition) is 4. The lowest BCUT2D eigenvalue weighted by Gasteiger charge is -2.36. The number of amides is 2. The average Bonchev–Trinajstić information content (AvgIpc) is 3.14. The number of phenolic OH excluding ortho intramolecular Hbond substituents is 1. The van der Waals surface area contributed by atoms with Gasteiger partial charge in [-0.15, -0.1) is 0 Å². The Balaban J connectivity index is 1.55. The van der Waals surface area contributed by atoms with Crippen LogP contribution in [0.25, 0.3) is 6.08 Å². The van der Waals surface area contributed by atoms with Crippen LogP contribution in [-0.4, -0.2) is 51.6 Å². The van der Waals surface area contributed by atoms with Crippen LogP contribution in [0.4, 0.5) is 5.69 Å². The summed E-state index contributed by atoms with van der Waals surface area (Å²) in [6.45, 7) is 4.91. The Bertz CT molecular complexity index is 1220. The van der Waals surface area contributed by atoms with Gasteiger partial charge >= 0.3 is 0 Å². The molecule has 1 saturated heterocycles. The van der Waals surface area contributed by atoms with Crippen LogP contribution in [-0.2, 0) is 9.59 Å². The van der Waals surface area contributed by atoms with Gasteiger partial charge in [0.2, 0.25) is 11.8 Å². The second-order valence-corrected chi connectivity index (χ2v) is 10.2. The zero-order valence-corrected chi connectivity index (χ0v) is 21.5. The van der Waals surface area contributed by atoms with E-state index in [1.165, 1.54) is 4.90 Å². The van der Waals surface area contributed by atoms with Crippen molar-refractivity contribution in [1.29, 1.82) is 0 Å². The van der Waals surface area contributed by atoms with E-state index >= 15 is 0 Å². The summed E-state index contributed by atoms with van der Waals surface area (Å²) in [6, 6.07) is 12.5. The third kappa shape index (κ3) is 5.12. The summed E-state index contributed by atoms with van der Waals surface area (Å²) in [7, 11) is 0. The molecule has 0 saturated carbocycles. The normalized spacial score (nSPS) is 23.0. The fraction of sp³-hybridized carbons (Fsp3) is 0.400. The number of anilines is 1. The van der Waals surface area contributed by atoms with Gasteiger partial charge < -0.3 is 20.4 Å². The molecule has 4 N–H and O–H groups in total. The Kier molecular flexibility index (Phi) is 7.97. The highest BCUT2D eigenvalue weighted by atomic mass is 16.3. The lowest BCUT2D eigenvalue weighted by Crippen LogP contribution is -2.39. The van der Waals surface area contributed by atoms with Gasteiger partial charge in [-0.25, -0.2) is 0 Å². The van der Waals surface area contributed by atoms with E-state index in [-0.39, 0.29) is 30.6 Å². The van der Waals surface area contributed by atoms with Crippen LogP contribution in [0.5, 0.6) is 5.75 Å². The van der Waals surface area contributed by atoms with Crippen LogP contribution in [0.15, 0.2) is 59.2 Å². The molecule has 196 valence electrons. The number of rotatable bonds is 8. The van der Waals surface area contributed by atoms with Crippen LogP contribution in [0.2, 0.25) is 0 Å². The summed E-state index contributed by atoms with van der Waals surface area (Å²) >= 11 is 0. The molecule has 4 rings (SSSR count). The molecule has 0 aromatic heterocycles. The minimum absolute atomic E-state index is 0.179. The number of nitrogens with zero attached hydrogens (tertiary/aromatic N) is 1. The predicted octanol–water partition coefficient (Wildman–Crippen LogP) is 3.66. The molecule has 2 aliphatic rings. The summed E-state index contributed by atoms with van der Waals surface area (Å²) in [5, 5.41) is 41.7. The van der Waals surface area contributed by atoms with Crippen molar-refractivity contribution in [3.63, 3.8) is 0 Å². The van der Waals surface area contributed by atoms with Gasteiger partial charge in [0.15, 0.2) is 0 Å². The first-order valence-electron chi connectivity index (χ1n) is 12.7. The summed E-state index contributed by atoms with van der Waals surface area (Å²) in [4.78, 5) is 27.9. The highest BCUT2D eigenvalue weighted by Gasteiger charge is 2.55. The van der Waals surface area contributed by atoms with Gasteiger partial charge in [0, 0.05) is 5.92 Å². The van der Waals surface area contributed by atoms with Crippen molar-refractivity contribution in [1.82, 2.24) is 0 Å². The van der Waals surface area contributed by atoms with E-state index in [4.69, 9.17) is 0 Å². The van der Waals surface area contributed by atoms with Crippen molar-refractivity contribution < 1.29 is 30.0 Å². The number of aliphatic hydroxyl groups is 3. The van der Waals surface area contributed by atoms with Gasteiger partial charge in [0.05, 0.1) is 36.8 Å². The van der Waals surface area contributed by atoms with Gasteiger partial charge in [0.25, 0.3) is 0 Å². The van der Waals surface area contributed by atoms with Gasteiger partial charge in [-0.2, -0.15) is 0 Å². The summed E-state index contributed by atoms with van der Waals surface area (Å²) in [5.74, 6) is -2.63. The number of carbonyl (C=O) groups is 2. The van der Waals surface area contributed by atoms with Crippen LogP contribution in [0.1, 0.15) is 42.9 Å². The van der Waals surface area contributed by atoms with Crippen molar-refractivity contribution in [3.8, 4) is 5.75 Å². The molecular weight excluding hydrogens is 470 g/mol. The smallest absolute Gasteiger partial charge is 0.238 e. The second kappa shape index (κ2) is 11.0. The van der Waals surface area contributed by atoms with E-state index in [9.17, 15) is 30.0 Å². The Hall–Kier alpha value is -3.26. The van der Waals surface area contributed by atoms with Gasteiger partial charge in [-0.05, 0) is 92.1 Å². The molecule has 1 heterocycles. The summed E-state index contributed by atoms with van der Waals surface area (Å²) < 4.78 is 0. The standard InChI is InChI=1S/C30H35NO6/c1-17(11-20-12-18(2)28(35)19(3)13-20)9-10-25(34)26-21(15-32)14-23-27(24(26)16-33)30(37)31(29(23)36)22-7-5-4-6-8-22/h4-8,11-13,23-25,27,32-35H,9-10,14-16H2,1-3H3/b17-11+/t23-,24+,25-,27-/m1/s1. The van der Waals surface area contributed by atoms with E-state index < -0.39 is 30.5 Å². The van der Waals surface area contributed by atoms with Crippen LogP contribution in [0, 0.1) is 31.6 Å². The molecule has 2 aromatic carbocycles. The fourth-order valence-electron chi connectivity index (χ4n) is 5.89. The van der Waals surface area contributed by atoms with Crippen molar-refractivity contribution in [2.75, 3.05) is 18.1 Å². The van der Waals surface area contributed by atoms with Gasteiger partial charge in [0.1, 0.15) is 5.75 Å². The Morgan fingerprint density at radius 3 is 2.32 bits per heavy atom. The topological polar surface area (TPSA) is 118 Å². The first kappa shape index (κ1) is 26.8. The molecule has 0 bridgehead atoms. The molecule has 7 nitrogen and oxygen atoms in total. The number of aryl methyl sites for hydroxylation is 2. The Morgan fingerprint density at radius 1 is 1.08 bits per heavy atom. The number of carbonyl (C=O) groups excluding carboxylic acids is 2. The van der Waals surface area contributed by atoms with E-state index in [0.717, 1.165) is 22.3 Å². The molecule has 2 amide bonds. The zero-order valence-electron chi connectivity index (χ0n) is 21.5. The maximum Gasteiger partial charge on any atom is 0.238 e. The van der Waals surface area contributed by atoms with Crippen LogP contribution >= 0.6 is 0 Å². The van der Waals surface area contributed by atoms with Crippen molar-refractivity contribution >= 4 is 23.6 Å². The number of phenols is 1. The number of aromatic hydroxyl groups is 1. The van der Waals surface area contributed by atoms with E-state index in [1.54, 1.807) is 30.3 Å². The molecule has 0 radical (unpaired) electrons. The van der Waals surface area contributed by atoms with E-state index in [0.29, 0.717) is 29.7 Å². The van der Waals surface area contributed by atoms with Crippen LogP contribution in [0.3, 0.4) is 0 Å². The third-order valence-corrected chi connectivity index (χ3v) is 7.68. The lowest BCUT2D eigenvalue weighted by atomic mass is 9.68. The van der Waals surface area contributed by atoms with Crippen molar-refractivity contribution in [2.24, 2.45) is 17.8 Å². The molecule has 1 aliphatic carbocycles. The maximum absolute atomic E-state index is 13.4. The van der Waals surface area contributed by atoms with Crippen molar-refractivity contribution in [2.45, 2.75) is 46.1 Å². The molecule has 37 heavy (non-hydrogen) atoms. The summed E-state index contributed by atoms with van der Waals surface area (Å²) in [5.41, 5.74) is 5.05.